The molecular weight excluding hydrogens is 336 g/mol. The third-order valence-electron chi connectivity index (χ3n) is 4.06. The fraction of sp³-hybridized carbons (Fsp3) is 0.444. The SMILES string of the molecule is CCCC(=O)Nc1ccc(C(=O)C(C)Sc2nncn2C2CC2)cc1. The first-order chi connectivity index (χ1) is 12.1. The van der Waals surface area contributed by atoms with E-state index in [1.165, 1.54) is 11.8 Å². The van der Waals surface area contributed by atoms with Gasteiger partial charge in [0.15, 0.2) is 10.9 Å². The van der Waals surface area contributed by atoms with Crippen molar-refractivity contribution in [3.05, 3.63) is 36.2 Å². The minimum absolute atomic E-state index is 0.00934. The van der Waals surface area contributed by atoms with E-state index < -0.39 is 0 Å². The van der Waals surface area contributed by atoms with E-state index in [1.807, 2.05) is 13.8 Å². The zero-order chi connectivity index (χ0) is 17.8. The number of Topliss-reactive ketones (excluding diaryl/α,β-unsaturated/α-hetero) is 1. The van der Waals surface area contributed by atoms with E-state index in [-0.39, 0.29) is 16.9 Å². The molecule has 25 heavy (non-hydrogen) atoms. The molecule has 0 spiro atoms. The summed E-state index contributed by atoms with van der Waals surface area (Å²) in [7, 11) is 0. The first-order valence-electron chi connectivity index (χ1n) is 8.58. The number of benzene rings is 1. The molecule has 1 aromatic heterocycles. The van der Waals surface area contributed by atoms with E-state index in [2.05, 4.69) is 20.1 Å². The van der Waals surface area contributed by atoms with Crippen LogP contribution >= 0.6 is 11.8 Å². The largest absolute Gasteiger partial charge is 0.326 e. The van der Waals surface area contributed by atoms with Crippen molar-refractivity contribution in [2.45, 2.75) is 56.0 Å². The van der Waals surface area contributed by atoms with Gasteiger partial charge in [0.05, 0.1) is 5.25 Å². The molecule has 0 bridgehead atoms. The number of nitrogens with one attached hydrogen (secondary N) is 1. The van der Waals surface area contributed by atoms with Crippen molar-refractivity contribution in [1.82, 2.24) is 14.8 Å². The Hall–Kier alpha value is -2.15. The highest BCUT2D eigenvalue weighted by atomic mass is 32.2. The van der Waals surface area contributed by atoms with Crippen molar-refractivity contribution < 1.29 is 9.59 Å². The summed E-state index contributed by atoms with van der Waals surface area (Å²) in [4.78, 5) is 24.3. The van der Waals surface area contributed by atoms with Crippen LogP contribution in [-0.4, -0.2) is 31.7 Å². The smallest absolute Gasteiger partial charge is 0.224 e. The van der Waals surface area contributed by atoms with Gasteiger partial charge in [0, 0.05) is 23.7 Å². The fourth-order valence-corrected chi connectivity index (χ4v) is 3.51. The summed E-state index contributed by atoms with van der Waals surface area (Å²) >= 11 is 1.44. The van der Waals surface area contributed by atoms with Gasteiger partial charge in [0.1, 0.15) is 6.33 Å². The van der Waals surface area contributed by atoms with Gasteiger partial charge < -0.3 is 9.88 Å². The highest BCUT2D eigenvalue weighted by molar-refractivity contribution is 8.00. The molecule has 1 amide bonds. The molecule has 1 atom stereocenters. The third kappa shape index (κ3) is 4.48. The number of carbonyl (C=O) groups excluding carboxylic acids is 2. The van der Waals surface area contributed by atoms with Crippen molar-refractivity contribution in [3.63, 3.8) is 0 Å². The zero-order valence-corrected chi connectivity index (χ0v) is 15.3. The molecule has 7 heteroatoms. The van der Waals surface area contributed by atoms with Gasteiger partial charge in [0.25, 0.3) is 0 Å². The maximum atomic E-state index is 12.6. The molecule has 1 unspecified atom stereocenters. The lowest BCUT2D eigenvalue weighted by molar-refractivity contribution is -0.116. The van der Waals surface area contributed by atoms with Crippen molar-refractivity contribution in [3.8, 4) is 0 Å². The van der Waals surface area contributed by atoms with Gasteiger partial charge >= 0.3 is 0 Å². The summed E-state index contributed by atoms with van der Waals surface area (Å²) in [5.41, 5.74) is 1.34. The van der Waals surface area contributed by atoms with Gasteiger partial charge in [-0.05, 0) is 50.5 Å². The highest BCUT2D eigenvalue weighted by Crippen LogP contribution is 2.38. The molecule has 3 rings (SSSR count). The van der Waals surface area contributed by atoms with Gasteiger partial charge in [-0.25, -0.2) is 0 Å². The Kier molecular flexibility index (Phi) is 5.53. The van der Waals surface area contributed by atoms with Crippen LogP contribution < -0.4 is 5.32 Å². The Labute approximate surface area is 151 Å². The molecule has 132 valence electrons. The molecule has 1 fully saturated rings. The average Bonchev–Trinajstić information content (AvgIpc) is 3.34. The Morgan fingerprint density at radius 1 is 1.32 bits per heavy atom. The van der Waals surface area contributed by atoms with E-state index in [1.54, 1.807) is 30.6 Å². The fourth-order valence-electron chi connectivity index (χ4n) is 2.53. The number of nitrogens with zero attached hydrogens (tertiary/aromatic N) is 3. The zero-order valence-electron chi connectivity index (χ0n) is 14.4. The van der Waals surface area contributed by atoms with Gasteiger partial charge in [0.2, 0.25) is 5.91 Å². The average molecular weight is 358 g/mol. The Bertz CT molecular complexity index is 753. The minimum Gasteiger partial charge on any atom is -0.326 e. The quantitative estimate of drug-likeness (QED) is 0.575. The summed E-state index contributed by atoms with van der Waals surface area (Å²) in [5.74, 6) is 0.0340. The summed E-state index contributed by atoms with van der Waals surface area (Å²) in [6.45, 7) is 3.85. The van der Waals surface area contributed by atoms with E-state index in [0.717, 1.165) is 24.4 Å². The second-order valence-corrected chi connectivity index (χ2v) is 7.56. The monoisotopic (exact) mass is 358 g/mol. The van der Waals surface area contributed by atoms with Crippen LogP contribution in [0.4, 0.5) is 5.69 Å². The normalized spacial score (nSPS) is 15.0. The maximum absolute atomic E-state index is 12.6. The van der Waals surface area contributed by atoms with Crippen molar-refractivity contribution in [2.75, 3.05) is 5.32 Å². The van der Waals surface area contributed by atoms with Gasteiger partial charge in [-0.1, -0.05) is 18.7 Å². The molecule has 1 aliphatic rings. The topological polar surface area (TPSA) is 76.9 Å². The van der Waals surface area contributed by atoms with E-state index in [9.17, 15) is 9.59 Å². The van der Waals surface area contributed by atoms with Gasteiger partial charge in [-0.3, -0.25) is 9.59 Å². The van der Waals surface area contributed by atoms with Crippen LogP contribution in [0.25, 0.3) is 0 Å². The second kappa shape index (κ2) is 7.82. The first kappa shape index (κ1) is 17.7. The van der Waals surface area contributed by atoms with E-state index in [0.29, 0.717) is 23.7 Å². The minimum atomic E-state index is -0.248. The predicted molar refractivity (Wildman–Crippen MR) is 97.9 cm³/mol. The lowest BCUT2D eigenvalue weighted by Crippen LogP contribution is -2.15. The number of rotatable bonds is 8. The van der Waals surface area contributed by atoms with Crippen LogP contribution in [-0.2, 0) is 4.79 Å². The second-order valence-electron chi connectivity index (χ2n) is 6.25. The number of anilines is 1. The third-order valence-corrected chi connectivity index (χ3v) is 5.13. The molecule has 6 nitrogen and oxygen atoms in total. The molecular formula is C18H22N4O2S. The standard InChI is InChI=1S/C18H22N4O2S/c1-3-4-16(23)20-14-7-5-13(6-8-14)17(24)12(2)25-18-21-19-11-22(18)15-9-10-15/h5-8,11-12,15H,3-4,9-10H2,1-2H3,(H,20,23). The molecule has 1 saturated carbocycles. The van der Waals surface area contributed by atoms with Crippen LogP contribution in [0, 0.1) is 0 Å². The number of thioether (sulfide) groups is 1. The molecule has 2 aromatic rings. The number of aromatic nitrogens is 3. The number of ketones is 1. The number of hydrogen-bond donors (Lipinski definition) is 1. The van der Waals surface area contributed by atoms with E-state index >= 15 is 0 Å². The first-order valence-corrected chi connectivity index (χ1v) is 9.46. The Morgan fingerprint density at radius 3 is 2.68 bits per heavy atom. The number of amides is 1. The van der Waals surface area contributed by atoms with Crippen molar-refractivity contribution in [2.24, 2.45) is 0 Å². The maximum Gasteiger partial charge on any atom is 0.224 e. The molecule has 0 aliphatic heterocycles. The predicted octanol–water partition coefficient (Wildman–Crippen LogP) is 3.72. The summed E-state index contributed by atoms with van der Waals surface area (Å²) in [6, 6.07) is 7.54. The van der Waals surface area contributed by atoms with Gasteiger partial charge in [-0.2, -0.15) is 0 Å². The van der Waals surface area contributed by atoms with Crippen LogP contribution in [0.3, 0.4) is 0 Å². The molecule has 1 aliphatic carbocycles. The van der Waals surface area contributed by atoms with Gasteiger partial charge in [-0.15, -0.1) is 10.2 Å². The molecule has 1 aromatic carbocycles. The van der Waals surface area contributed by atoms with Crippen LogP contribution in [0.5, 0.6) is 0 Å². The molecule has 0 saturated heterocycles. The lowest BCUT2D eigenvalue weighted by atomic mass is 10.1. The highest BCUT2D eigenvalue weighted by Gasteiger charge is 2.28. The van der Waals surface area contributed by atoms with Crippen molar-refractivity contribution in [1.29, 1.82) is 0 Å². The Morgan fingerprint density at radius 2 is 2.04 bits per heavy atom. The van der Waals surface area contributed by atoms with Crippen LogP contribution in [0.15, 0.2) is 35.7 Å². The Balaban J connectivity index is 1.61. The molecule has 1 N–H and O–H groups in total. The summed E-state index contributed by atoms with van der Waals surface area (Å²) < 4.78 is 2.06. The summed E-state index contributed by atoms with van der Waals surface area (Å²) in [6.07, 6.45) is 5.35. The summed E-state index contributed by atoms with van der Waals surface area (Å²) in [5, 5.41) is 11.5. The lowest BCUT2D eigenvalue weighted by Gasteiger charge is -2.11. The number of carbonyl (C=O) groups is 2. The van der Waals surface area contributed by atoms with Crippen LogP contribution in [0.1, 0.15) is 55.9 Å². The van der Waals surface area contributed by atoms with Crippen molar-refractivity contribution >= 4 is 29.1 Å². The van der Waals surface area contributed by atoms with E-state index in [4.69, 9.17) is 0 Å². The molecule has 1 heterocycles. The van der Waals surface area contributed by atoms with Crippen LogP contribution in [0.2, 0.25) is 0 Å². The number of hydrogen-bond acceptors (Lipinski definition) is 5. The molecule has 0 radical (unpaired) electrons.